The molecule has 0 N–H and O–H groups in total. The van der Waals surface area contributed by atoms with Gasteiger partial charge in [0.15, 0.2) is 0 Å². The third-order valence-electron chi connectivity index (χ3n) is 6.37. The first kappa shape index (κ1) is 21.7. The number of hydrogen-bond acceptors (Lipinski definition) is 1. The van der Waals surface area contributed by atoms with Gasteiger partial charge in [0.05, 0.1) is 0 Å². The normalized spacial score (nSPS) is 11.3. The van der Waals surface area contributed by atoms with E-state index >= 15 is 0 Å². The fourth-order valence-electron chi connectivity index (χ4n) is 4.37. The summed E-state index contributed by atoms with van der Waals surface area (Å²) >= 11 is 0. The second-order valence-electron chi connectivity index (χ2n) is 8.95. The van der Waals surface area contributed by atoms with Crippen molar-refractivity contribution in [2.75, 3.05) is 4.90 Å². The molecule has 166 valence electrons. The fraction of sp³-hybridized carbons (Fsp3) is 0.0909. The van der Waals surface area contributed by atoms with Crippen LogP contribution in [0.5, 0.6) is 0 Å². The number of hydrogen-bond donors (Lipinski definition) is 0. The monoisotopic (exact) mass is 439 g/mol. The van der Waals surface area contributed by atoms with Crippen LogP contribution in [-0.4, -0.2) is 0 Å². The van der Waals surface area contributed by atoms with E-state index < -0.39 is 0 Å². The smallest absolute Gasteiger partial charge is 0.0462 e. The average molecular weight is 440 g/mol. The maximum absolute atomic E-state index is 2.31. The van der Waals surface area contributed by atoms with E-state index in [4.69, 9.17) is 0 Å². The van der Waals surface area contributed by atoms with Crippen molar-refractivity contribution in [2.24, 2.45) is 0 Å². The Bertz CT molecular complexity index is 1390. The molecule has 0 unspecified atom stereocenters. The van der Waals surface area contributed by atoms with Gasteiger partial charge in [-0.05, 0) is 84.6 Å². The lowest BCUT2D eigenvalue weighted by Gasteiger charge is -2.25. The molecule has 0 amide bonds. The molecule has 0 fully saturated rings. The maximum atomic E-state index is 2.31. The quantitative estimate of drug-likeness (QED) is 0.247. The van der Waals surface area contributed by atoms with Crippen molar-refractivity contribution < 1.29 is 0 Å². The Morgan fingerprint density at radius 3 is 1.53 bits per heavy atom. The Kier molecular flexibility index (Phi) is 6.01. The van der Waals surface area contributed by atoms with Gasteiger partial charge in [0.1, 0.15) is 0 Å². The number of benzene rings is 5. The van der Waals surface area contributed by atoms with Gasteiger partial charge < -0.3 is 4.90 Å². The van der Waals surface area contributed by atoms with Gasteiger partial charge in [-0.3, -0.25) is 0 Å². The van der Waals surface area contributed by atoms with Crippen LogP contribution in [0.1, 0.15) is 27.8 Å². The van der Waals surface area contributed by atoms with E-state index in [-0.39, 0.29) is 0 Å². The zero-order valence-corrected chi connectivity index (χ0v) is 20.0. The highest BCUT2D eigenvalue weighted by atomic mass is 15.1. The zero-order valence-electron chi connectivity index (χ0n) is 20.0. The highest BCUT2D eigenvalue weighted by molar-refractivity contribution is 5.94. The lowest BCUT2D eigenvalue weighted by atomic mass is 9.99. The molecule has 5 aromatic carbocycles. The highest BCUT2D eigenvalue weighted by Crippen LogP contribution is 2.35. The van der Waals surface area contributed by atoms with Crippen molar-refractivity contribution in [2.45, 2.75) is 20.8 Å². The second kappa shape index (κ2) is 9.41. The summed E-state index contributed by atoms with van der Waals surface area (Å²) in [6.07, 6.45) is 4.41. The first-order valence-electron chi connectivity index (χ1n) is 11.8. The van der Waals surface area contributed by atoms with E-state index in [2.05, 4.69) is 147 Å². The van der Waals surface area contributed by atoms with Crippen molar-refractivity contribution in [3.63, 3.8) is 0 Å². The summed E-state index contributed by atoms with van der Waals surface area (Å²) in [4.78, 5) is 2.31. The minimum atomic E-state index is 1.14. The molecule has 0 heterocycles. The summed E-state index contributed by atoms with van der Waals surface area (Å²) in [5, 5.41) is 2.60. The van der Waals surface area contributed by atoms with Gasteiger partial charge in [-0.25, -0.2) is 0 Å². The minimum Gasteiger partial charge on any atom is -0.311 e. The van der Waals surface area contributed by atoms with Crippen LogP contribution in [0.4, 0.5) is 17.1 Å². The molecule has 0 radical (unpaired) electrons. The molecule has 34 heavy (non-hydrogen) atoms. The molecular weight excluding hydrogens is 410 g/mol. The Morgan fingerprint density at radius 2 is 0.971 bits per heavy atom. The van der Waals surface area contributed by atoms with E-state index in [9.17, 15) is 0 Å². The molecular formula is C33H29N. The van der Waals surface area contributed by atoms with Crippen LogP contribution in [-0.2, 0) is 0 Å². The average Bonchev–Trinajstić information content (AvgIpc) is 2.87. The molecule has 0 aliphatic rings. The third-order valence-corrected chi connectivity index (χ3v) is 6.37. The Labute approximate surface area is 202 Å². The number of aryl methyl sites for hydroxylation is 3. The fourth-order valence-corrected chi connectivity index (χ4v) is 4.37. The second-order valence-corrected chi connectivity index (χ2v) is 8.95. The topological polar surface area (TPSA) is 3.24 Å². The van der Waals surface area contributed by atoms with Crippen molar-refractivity contribution in [1.82, 2.24) is 0 Å². The molecule has 0 spiro atoms. The standard InChI is InChI=1S/C33H29N/c1-24-8-18-29(19-9-24)34(30-20-10-25(2)11-21-30)31-22-14-27(15-23-31)13-17-28-16-12-26(3)32-6-4-5-7-33(28)32/h4-23H,1-3H3. The molecule has 5 aromatic rings. The highest BCUT2D eigenvalue weighted by Gasteiger charge is 2.12. The number of fused-ring (bicyclic) bond motifs is 1. The summed E-state index contributed by atoms with van der Waals surface area (Å²) in [5.74, 6) is 0. The molecule has 0 aliphatic heterocycles. The lowest BCUT2D eigenvalue weighted by Crippen LogP contribution is -2.09. The van der Waals surface area contributed by atoms with E-state index in [0.29, 0.717) is 0 Å². The van der Waals surface area contributed by atoms with Gasteiger partial charge in [-0.1, -0.05) is 96.1 Å². The zero-order chi connectivity index (χ0) is 23.5. The van der Waals surface area contributed by atoms with E-state index in [1.54, 1.807) is 0 Å². The van der Waals surface area contributed by atoms with Crippen LogP contribution in [0, 0.1) is 20.8 Å². The first-order valence-corrected chi connectivity index (χ1v) is 11.8. The third kappa shape index (κ3) is 4.51. The molecule has 0 aromatic heterocycles. The van der Waals surface area contributed by atoms with Gasteiger partial charge in [-0.15, -0.1) is 0 Å². The van der Waals surface area contributed by atoms with Gasteiger partial charge >= 0.3 is 0 Å². The summed E-state index contributed by atoms with van der Waals surface area (Å²) < 4.78 is 0. The number of anilines is 3. The summed E-state index contributed by atoms with van der Waals surface area (Å²) in [7, 11) is 0. The Hall–Kier alpha value is -4.10. The van der Waals surface area contributed by atoms with Crippen LogP contribution in [0.3, 0.4) is 0 Å². The lowest BCUT2D eigenvalue weighted by molar-refractivity contribution is 1.27. The van der Waals surface area contributed by atoms with Gasteiger partial charge in [0.25, 0.3) is 0 Å². The van der Waals surface area contributed by atoms with Crippen LogP contribution in [0.15, 0.2) is 109 Å². The van der Waals surface area contributed by atoms with E-state index in [0.717, 1.165) is 17.1 Å². The van der Waals surface area contributed by atoms with Crippen molar-refractivity contribution in [1.29, 1.82) is 0 Å². The predicted molar refractivity (Wildman–Crippen MR) is 148 cm³/mol. The molecule has 0 aliphatic carbocycles. The summed E-state index contributed by atoms with van der Waals surface area (Å²) in [5.41, 5.74) is 9.71. The van der Waals surface area contributed by atoms with Crippen LogP contribution < -0.4 is 4.90 Å². The molecule has 0 saturated carbocycles. The summed E-state index contributed by atoms with van der Waals surface area (Å²) in [6, 6.07) is 39.2. The van der Waals surface area contributed by atoms with E-state index in [1.165, 1.54) is 38.6 Å². The van der Waals surface area contributed by atoms with Crippen molar-refractivity contribution in [3.8, 4) is 0 Å². The maximum Gasteiger partial charge on any atom is 0.0462 e. The van der Waals surface area contributed by atoms with E-state index in [1.807, 2.05) is 0 Å². The SMILES string of the molecule is Cc1ccc(N(c2ccc(C)cc2)c2ccc(C=Cc3ccc(C)c4ccccc34)cc2)cc1. The van der Waals surface area contributed by atoms with Crippen LogP contribution >= 0.6 is 0 Å². The molecule has 5 rings (SSSR count). The van der Waals surface area contributed by atoms with Crippen molar-refractivity contribution >= 4 is 40.0 Å². The predicted octanol–water partition coefficient (Wildman–Crippen LogP) is 9.41. The number of nitrogens with zero attached hydrogens (tertiary/aromatic N) is 1. The molecule has 0 saturated heterocycles. The number of rotatable bonds is 5. The van der Waals surface area contributed by atoms with Gasteiger partial charge in [-0.2, -0.15) is 0 Å². The Balaban J connectivity index is 1.47. The largest absolute Gasteiger partial charge is 0.311 e. The molecule has 1 heteroatoms. The van der Waals surface area contributed by atoms with Crippen molar-refractivity contribution in [3.05, 3.63) is 137 Å². The van der Waals surface area contributed by atoms with Gasteiger partial charge in [0.2, 0.25) is 0 Å². The summed E-state index contributed by atoms with van der Waals surface area (Å²) in [6.45, 7) is 6.42. The molecule has 1 nitrogen and oxygen atoms in total. The molecule has 0 atom stereocenters. The van der Waals surface area contributed by atoms with Crippen LogP contribution in [0.2, 0.25) is 0 Å². The Morgan fingerprint density at radius 1 is 0.471 bits per heavy atom. The first-order chi connectivity index (χ1) is 16.6. The van der Waals surface area contributed by atoms with Crippen LogP contribution in [0.25, 0.3) is 22.9 Å². The van der Waals surface area contributed by atoms with Gasteiger partial charge in [0, 0.05) is 17.1 Å². The minimum absolute atomic E-state index is 1.14. The molecule has 0 bridgehead atoms.